The minimum atomic E-state index is -0.875. The van der Waals surface area contributed by atoms with Crippen molar-refractivity contribution in [1.29, 1.82) is 0 Å². The Bertz CT molecular complexity index is 2430. The number of nitrogens with one attached hydrogen (secondary N) is 6. The Labute approximate surface area is 593 Å². The number of benzene rings is 1. The van der Waals surface area contributed by atoms with Crippen molar-refractivity contribution < 1.29 is 57.3 Å². The molecule has 0 saturated carbocycles. The van der Waals surface area contributed by atoms with E-state index in [2.05, 4.69) is 87.3 Å². The van der Waals surface area contributed by atoms with E-state index in [-0.39, 0.29) is 122 Å². The van der Waals surface area contributed by atoms with Crippen molar-refractivity contribution in [2.24, 2.45) is 38.9 Å². The number of imide groups is 1. The lowest BCUT2D eigenvalue weighted by Gasteiger charge is -2.32. The van der Waals surface area contributed by atoms with Gasteiger partial charge in [0.1, 0.15) is 12.4 Å². The average Bonchev–Trinajstić information content (AvgIpc) is 0.998. The van der Waals surface area contributed by atoms with Crippen LogP contribution in [0.3, 0.4) is 0 Å². The van der Waals surface area contributed by atoms with Crippen molar-refractivity contribution in [3.05, 3.63) is 41.5 Å². The Balaban J connectivity index is 2.14. The average molecular weight is 1380 g/mol. The maximum absolute atomic E-state index is 14.2. The van der Waals surface area contributed by atoms with E-state index in [4.69, 9.17) is 18.9 Å². The van der Waals surface area contributed by atoms with Crippen molar-refractivity contribution in [1.82, 2.24) is 36.8 Å². The molecule has 19 nitrogen and oxygen atoms in total. The Morgan fingerprint density at radius 3 is 1.16 bits per heavy atom. The molecule has 0 saturated heterocycles. The van der Waals surface area contributed by atoms with Crippen LogP contribution < -0.4 is 36.6 Å². The lowest BCUT2D eigenvalue weighted by molar-refractivity contribution is -0.137. The van der Waals surface area contributed by atoms with Gasteiger partial charge in [-0.25, -0.2) is 0 Å². The summed E-state index contributed by atoms with van der Waals surface area (Å²) in [7, 11) is 0. The number of hydrogen-bond donors (Lipinski definition) is 6. The molecule has 0 spiro atoms. The summed E-state index contributed by atoms with van der Waals surface area (Å²) in [5.41, 5.74) is -2.61. The summed E-state index contributed by atoms with van der Waals surface area (Å²) in [6.45, 7) is 36.4. The highest BCUT2D eigenvalue weighted by atomic mass is 16.5. The molecule has 0 fully saturated rings. The molecule has 1 aromatic rings. The van der Waals surface area contributed by atoms with E-state index in [0.29, 0.717) is 39.5 Å². The Kier molecular flexibility index (Phi) is 42.5. The number of rotatable bonds is 58. The molecule has 1 aliphatic rings. The first-order valence-electron chi connectivity index (χ1n) is 37.9. The predicted octanol–water partition coefficient (Wildman–Crippen LogP) is 14.3. The van der Waals surface area contributed by atoms with Gasteiger partial charge in [-0.2, -0.15) is 0 Å². The van der Waals surface area contributed by atoms with Crippen LogP contribution >= 0.6 is 0 Å². The smallest absolute Gasteiger partial charge is 0.253 e. The molecule has 0 aromatic heterocycles. The van der Waals surface area contributed by atoms with Gasteiger partial charge in [-0.05, 0) is 57.7 Å². The molecular weight excluding hydrogens is 1240 g/mol. The fourth-order valence-electron chi connectivity index (χ4n) is 11.5. The van der Waals surface area contributed by atoms with Gasteiger partial charge in [0, 0.05) is 108 Å². The summed E-state index contributed by atoms with van der Waals surface area (Å²) in [4.78, 5) is 106. The van der Waals surface area contributed by atoms with E-state index >= 15 is 0 Å². The van der Waals surface area contributed by atoms with E-state index in [1.807, 2.05) is 55.4 Å². The molecule has 1 heterocycles. The second-order valence-electron chi connectivity index (χ2n) is 32.7. The lowest BCUT2D eigenvalue weighted by atomic mass is 9.91. The molecule has 98 heavy (non-hydrogen) atoms. The minimum absolute atomic E-state index is 0.0117. The molecule has 19 heteroatoms. The highest BCUT2D eigenvalue weighted by Crippen LogP contribution is 2.27. The van der Waals surface area contributed by atoms with Gasteiger partial charge in [0.25, 0.3) is 23.6 Å². The Hall–Kier alpha value is -5.40. The third-order valence-electron chi connectivity index (χ3n) is 18.1. The summed E-state index contributed by atoms with van der Waals surface area (Å²) in [5.74, 6) is -1.71. The molecule has 0 aliphatic carbocycles. The second kappa shape index (κ2) is 46.9. The van der Waals surface area contributed by atoms with E-state index in [0.717, 1.165) is 81.9 Å². The maximum Gasteiger partial charge on any atom is 0.253 e. The van der Waals surface area contributed by atoms with Crippen LogP contribution in [0, 0.1) is 38.9 Å². The molecule has 562 valence electrons. The molecular formula is C79H139N7O12. The Morgan fingerprint density at radius 2 is 0.765 bits per heavy atom. The molecule has 8 amide bonds. The minimum Gasteiger partial charge on any atom is -0.492 e. The molecule has 2 rings (SSSR count). The van der Waals surface area contributed by atoms with Gasteiger partial charge >= 0.3 is 0 Å². The van der Waals surface area contributed by atoms with Gasteiger partial charge in [-0.1, -0.05) is 225 Å². The first-order chi connectivity index (χ1) is 46.2. The number of unbranched alkanes of at least 4 members (excludes halogenated alkanes) is 16. The van der Waals surface area contributed by atoms with Gasteiger partial charge in [0.15, 0.2) is 0 Å². The fraction of sp³-hybridized carbons (Fsp3) is 0.797. The predicted molar refractivity (Wildman–Crippen MR) is 395 cm³/mol. The summed E-state index contributed by atoms with van der Waals surface area (Å²) in [6, 6.07) is 4.71. The SMILES string of the molecule is CCCCCCCCC(CCCCCC)C(=O)NCC(C)(C)COCC(C)(C)CNC(=O)c1cc(OCCNC(=O)CC(C)(C)OCC(C)(C)CNC(=O)CCN2C(=O)C=CC2=O)cc(C(=O)NCC(C)(C)COCC(C)(C)CNC(=O)C(CCCCCC)CCCCCCCC)c1. The molecule has 1 aromatic carbocycles. The highest BCUT2D eigenvalue weighted by molar-refractivity contribution is 6.13. The van der Waals surface area contributed by atoms with Crippen LogP contribution in [-0.2, 0) is 43.0 Å². The Morgan fingerprint density at radius 1 is 0.418 bits per heavy atom. The largest absolute Gasteiger partial charge is 0.492 e. The topological polar surface area (TPSA) is 249 Å². The number of nitrogens with zero attached hydrogens (tertiary/aromatic N) is 1. The van der Waals surface area contributed by atoms with E-state index in [1.54, 1.807) is 18.2 Å². The van der Waals surface area contributed by atoms with Crippen LogP contribution in [0.4, 0.5) is 0 Å². The van der Waals surface area contributed by atoms with Gasteiger partial charge < -0.3 is 50.8 Å². The molecule has 0 radical (unpaired) electrons. The van der Waals surface area contributed by atoms with Crippen molar-refractivity contribution in [3.8, 4) is 5.75 Å². The monoisotopic (exact) mass is 1380 g/mol. The van der Waals surface area contributed by atoms with Crippen molar-refractivity contribution in [2.45, 2.75) is 283 Å². The van der Waals surface area contributed by atoms with Gasteiger partial charge in [-0.3, -0.25) is 43.3 Å². The quantitative estimate of drug-likeness (QED) is 0.0263. The van der Waals surface area contributed by atoms with Crippen LogP contribution in [-0.4, -0.2) is 143 Å². The lowest BCUT2D eigenvalue weighted by Crippen LogP contribution is -2.42. The standard InChI is InChI=1S/C79H139N7O12/c1-17-21-25-29-31-35-39-61(37-33-27-23-19-3)70(91)82-52-74(5,6)56-95-58-76(9,10)54-84-72(93)63-47-64(73(94)85-55-77(11,12)59-96-57-75(7,8)53-83-71(92)62(38-34-28-24-20-4)40-36-32-30-26-22-18-2)49-65(48-63)97-46-44-80-67(88)50-79(15,16)98-60-78(13,14)51-81-66(87)43-45-86-68(89)41-42-69(86)90/h41-42,47-49,61-62H,17-40,43-46,50-60H2,1-16H3,(H,80,88)(H,81,87)(H,82,91)(H,83,92)(H,84,93)(H,85,94). The normalized spacial score (nSPS) is 13.7. The number of carbonyl (C=O) groups is 8. The van der Waals surface area contributed by atoms with Crippen LogP contribution in [0.25, 0.3) is 0 Å². The number of carbonyl (C=O) groups excluding carboxylic acids is 8. The summed E-state index contributed by atoms with van der Waals surface area (Å²) >= 11 is 0. The van der Waals surface area contributed by atoms with Crippen molar-refractivity contribution >= 4 is 47.3 Å². The number of amides is 8. The zero-order valence-corrected chi connectivity index (χ0v) is 64.5. The molecule has 0 bridgehead atoms. The first kappa shape index (κ1) is 88.7. The van der Waals surface area contributed by atoms with Crippen molar-refractivity contribution in [3.63, 3.8) is 0 Å². The van der Waals surface area contributed by atoms with E-state index < -0.39 is 45.5 Å². The zero-order valence-electron chi connectivity index (χ0n) is 64.5. The summed E-state index contributed by atoms with van der Waals surface area (Å²) < 4.78 is 25.0. The van der Waals surface area contributed by atoms with Crippen LogP contribution in [0.5, 0.6) is 5.75 Å². The molecule has 2 atom stereocenters. The maximum atomic E-state index is 14.2. The second-order valence-corrected chi connectivity index (χ2v) is 32.7. The van der Waals surface area contributed by atoms with Crippen molar-refractivity contribution in [2.75, 3.05) is 85.5 Å². The van der Waals surface area contributed by atoms with Gasteiger partial charge in [0.2, 0.25) is 23.6 Å². The van der Waals surface area contributed by atoms with Gasteiger partial charge in [0.05, 0.1) is 51.6 Å². The zero-order chi connectivity index (χ0) is 73.3. The fourth-order valence-corrected chi connectivity index (χ4v) is 11.5. The number of hydrogen-bond acceptors (Lipinski definition) is 12. The van der Waals surface area contributed by atoms with E-state index in [9.17, 15) is 38.4 Å². The molecule has 6 N–H and O–H groups in total. The third kappa shape index (κ3) is 40.8. The molecule has 2 unspecified atom stereocenters. The summed E-state index contributed by atoms with van der Waals surface area (Å²) in [6.07, 6.45) is 29.6. The third-order valence-corrected chi connectivity index (χ3v) is 18.1. The van der Waals surface area contributed by atoms with Crippen LogP contribution in [0.2, 0.25) is 0 Å². The highest BCUT2D eigenvalue weighted by Gasteiger charge is 2.32. The van der Waals surface area contributed by atoms with Crippen LogP contribution in [0.1, 0.15) is 298 Å². The molecule has 1 aliphatic heterocycles. The first-order valence-corrected chi connectivity index (χ1v) is 37.9. The number of ether oxygens (including phenoxy) is 4. The van der Waals surface area contributed by atoms with Crippen LogP contribution in [0.15, 0.2) is 30.4 Å². The van der Waals surface area contributed by atoms with E-state index in [1.165, 1.54) is 89.2 Å². The van der Waals surface area contributed by atoms with Gasteiger partial charge in [-0.15, -0.1) is 0 Å². The summed E-state index contributed by atoms with van der Waals surface area (Å²) in [5, 5.41) is 18.4.